The molecule has 0 saturated carbocycles. The number of carboxylic acids is 1. The Labute approximate surface area is 104 Å². The first-order chi connectivity index (χ1) is 8.47. The highest BCUT2D eigenvalue weighted by atomic mass is 16.4. The lowest BCUT2D eigenvalue weighted by molar-refractivity contribution is -0.139. The van der Waals surface area contributed by atoms with Gasteiger partial charge in [0.05, 0.1) is 0 Å². The highest BCUT2D eigenvalue weighted by Gasteiger charge is 2.21. The van der Waals surface area contributed by atoms with Crippen LogP contribution in [0.3, 0.4) is 0 Å². The van der Waals surface area contributed by atoms with Crippen molar-refractivity contribution in [2.24, 2.45) is 0 Å². The number of nitrogens with one attached hydrogen (secondary N) is 1. The first-order valence-corrected chi connectivity index (χ1v) is 5.40. The van der Waals surface area contributed by atoms with E-state index in [1.165, 1.54) is 18.2 Å². The minimum Gasteiger partial charge on any atom is -0.508 e. The number of hydrogen-bond donors (Lipinski definition) is 4. The lowest BCUT2D eigenvalue weighted by Gasteiger charge is -2.14. The largest absolute Gasteiger partial charge is 0.508 e. The van der Waals surface area contributed by atoms with Crippen LogP contribution in [-0.2, 0) is 4.79 Å². The molecule has 0 radical (unpaired) electrons. The average Bonchev–Trinajstić information content (AvgIpc) is 2.31. The van der Waals surface area contributed by atoms with E-state index in [-0.39, 0.29) is 24.3 Å². The fraction of sp³-hybridized carbons (Fsp3) is 0.333. The summed E-state index contributed by atoms with van der Waals surface area (Å²) in [6, 6.07) is 3.28. The van der Waals surface area contributed by atoms with Gasteiger partial charge in [0, 0.05) is 24.2 Å². The maximum atomic E-state index is 11.8. The molecule has 0 bridgehead atoms. The molecule has 0 heterocycles. The Balaban J connectivity index is 2.87. The monoisotopic (exact) mass is 253 g/mol. The van der Waals surface area contributed by atoms with Gasteiger partial charge in [0.2, 0.25) is 0 Å². The van der Waals surface area contributed by atoms with Crippen LogP contribution in [0.15, 0.2) is 18.2 Å². The number of hydrogen-bond acceptors (Lipinski definition) is 4. The molecule has 0 aliphatic heterocycles. The van der Waals surface area contributed by atoms with Gasteiger partial charge in [-0.05, 0) is 19.1 Å². The fourth-order valence-corrected chi connectivity index (χ4v) is 1.49. The van der Waals surface area contributed by atoms with Crippen LogP contribution in [0.1, 0.15) is 22.3 Å². The van der Waals surface area contributed by atoms with Crippen LogP contribution in [0.2, 0.25) is 0 Å². The number of phenols is 1. The summed E-state index contributed by atoms with van der Waals surface area (Å²) in [5, 5.41) is 29.3. The number of aromatic hydroxyl groups is 1. The second-order valence-electron chi connectivity index (χ2n) is 3.83. The van der Waals surface area contributed by atoms with Crippen molar-refractivity contribution in [3.05, 3.63) is 29.3 Å². The van der Waals surface area contributed by atoms with Crippen LogP contribution in [0, 0.1) is 6.92 Å². The summed E-state index contributed by atoms with van der Waals surface area (Å²) >= 11 is 0. The van der Waals surface area contributed by atoms with Gasteiger partial charge in [0.1, 0.15) is 11.8 Å². The zero-order valence-corrected chi connectivity index (χ0v) is 9.88. The van der Waals surface area contributed by atoms with E-state index in [1.807, 2.05) is 0 Å². The summed E-state index contributed by atoms with van der Waals surface area (Å²) in [5.41, 5.74) is 0.585. The van der Waals surface area contributed by atoms with E-state index in [1.54, 1.807) is 6.92 Å². The minimum atomic E-state index is -1.21. The molecule has 0 aromatic heterocycles. The molecule has 0 unspecified atom stereocenters. The number of rotatable bonds is 5. The van der Waals surface area contributed by atoms with Gasteiger partial charge in [-0.3, -0.25) is 4.79 Å². The van der Waals surface area contributed by atoms with Gasteiger partial charge in [-0.15, -0.1) is 0 Å². The third-order valence-electron chi connectivity index (χ3n) is 2.57. The summed E-state index contributed by atoms with van der Waals surface area (Å²) in [4.78, 5) is 22.7. The molecule has 0 fully saturated rings. The molecule has 18 heavy (non-hydrogen) atoms. The van der Waals surface area contributed by atoms with E-state index in [4.69, 9.17) is 10.2 Å². The molecule has 0 saturated heterocycles. The number of phenolic OH excluding ortho intramolecular Hbond substituents is 1. The molecule has 0 spiro atoms. The fourth-order valence-electron chi connectivity index (χ4n) is 1.49. The highest BCUT2D eigenvalue weighted by molar-refractivity contribution is 5.98. The average molecular weight is 253 g/mol. The van der Waals surface area contributed by atoms with Crippen LogP contribution in [-0.4, -0.2) is 39.8 Å². The van der Waals surface area contributed by atoms with E-state index in [9.17, 15) is 14.7 Å². The molecule has 1 aromatic carbocycles. The van der Waals surface area contributed by atoms with Gasteiger partial charge >= 0.3 is 5.97 Å². The van der Waals surface area contributed by atoms with Gasteiger partial charge < -0.3 is 20.6 Å². The van der Waals surface area contributed by atoms with Gasteiger partial charge in [0.15, 0.2) is 0 Å². The highest BCUT2D eigenvalue weighted by Crippen LogP contribution is 2.19. The van der Waals surface area contributed by atoms with Crippen LogP contribution >= 0.6 is 0 Å². The third-order valence-corrected chi connectivity index (χ3v) is 2.57. The number of aliphatic hydroxyl groups excluding tert-OH is 1. The van der Waals surface area contributed by atoms with E-state index in [0.29, 0.717) is 5.56 Å². The van der Waals surface area contributed by atoms with Gasteiger partial charge in [-0.2, -0.15) is 0 Å². The number of carboxylic acid groups (broad SMARTS) is 1. The number of benzene rings is 1. The molecule has 6 nitrogen and oxygen atoms in total. The lowest BCUT2D eigenvalue weighted by Crippen LogP contribution is -2.41. The Bertz CT molecular complexity index is 458. The quantitative estimate of drug-likeness (QED) is 0.602. The molecule has 0 aliphatic rings. The third kappa shape index (κ3) is 3.21. The zero-order chi connectivity index (χ0) is 13.7. The molecular formula is C12H15NO5. The van der Waals surface area contributed by atoms with E-state index < -0.39 is 17.9 Å². The molecule has 1 aromatic rings. The number of carbonyl (C=O) groups excluding carboxylic acids is 1. The number of aliphatic carboxylic acids is 1. The van der Waals surface area contributed by atoms with E-state index in [0.717, 1.165) is 0 Å². The predicted octanol–water partition coefficient (Wildman–Crippen LogP) is 0.266. The van der Waals surface area contributed by atoms with Gasteiger partial charge in [0.25, 0.3) is 5.91 Å². The van der Waals surface area contributed by atoms with Crippen LogP contribution in [0.4, 0.5) is 0 Å². The topological polar surface area (TPSA) is 107 Å². The van der Waals surface area contributed by atoms with Crippen molar-refractivity contribution in [2.75, 3.05) is 6.61 Å². The Morgan fingerprint density at radius 3 is 2.61 bits per heavy atom. The van der Waals surface area contributed by atoms with Crippen molar-refractivity contribution in [1.82, 2.24) is 5.32 Å². The van der Waals surface area contributed by atoms with Crippen molar-refractivity contribution in [3.8, 4) is 5.75 Å². The summed E-state index contributed by atoms with van der Waals surface area (Å²) in [5.74, 6) is -1.84. The number of amides is 1. The predicted molar refractivity (Wildman–Crippen MR) is 63.4 cm³/mol. The van der Waals surface area contributed by atoms with E-state index >= 15 is 0 Å². The molecule has 0 aliphatic carbocycles. The van der Waals surface area contributed by atoms with Crippen molar-refractivity contribution in [1.29, 1.82) is 0 Å². The Morgan fingerprint density at radius 2 is 2.06 bits per heavy atom. The van der Waals surface area contributed by atoms with Crippen LogP contribution in [0.25, 0.3) is 0 Å². The first kappa shape index (κ1) is 14.0. The SMILES string of the molecule is Cc1c(O)cccc1C(=O)N[C@H](CCO)C(=O)O. The van der Waals surface area contributed by atoms with Crippen molar-refractivity contribution in [2.45, 2.75) is 19.4 Å². The van der Waals surface area contributed by atoms with E-state index in [2.05, 4.69) is 5.32 Å². The molecular weight excluding hydrogens is 238 g/mol. The normalized spacial score (nSPS) is 11.9. The Kier molecular flexibility index (Phi) is 4.67. The molecule has 1 rings (SSSR count). The number of carbonyl (C=O) groups is 2. The summed E-state index contributed by atoms with van der Waals surface area (Å²) < 4.78 is 0. The molecule has 1 amide bonds. The lowest BCUT2D eigenvalue weighted by atomic mass is 10.1. The summed E-state index contributed by atoms with van der Waals surface area (Å²) in [7, 11) is 0. The maximum Gasteiger partial charge on any atom is 0.326 e. The molecule has 4 N–H and O–H groups in total. The first-order valence-electron chi connectivity index (χ1n) is 5.40. The van der Waals surface area contributed by atoms with Gasteiger partial charge in [-0.25, -0.2) is 4.79 Å². The number of aliphatic hydroxyl groups is 1. The zero-order valence-electron chi connectivity index (χ0n) is 9.88. The molecule has 98 valence electrons. The van der Waals surface area contributed by atoms with Crippen molar-refractivity contribution >= 4 is 11.9 Å². The Morgan fingerprint density at radius 1 is 1.39 bits per heavy atom. The second kappa shape index (κ2) is 6.02. The molecule has 1 atom stereocenters. The minimum absolute atomic E-state index is 0.0308. The van der Waals surface area contributed by atoms with Crippen LogP contribution in [0.5, 0.6) is 5.75 Å². The summed E-state index contributed by atoms with van der Waals surface area (Å²) in [6.45, 7) is 1.22. The van der Waals surface area contributed by atoms with Gasteiger partial charge in [-0.1, -0.05) is 6.07 Å². The van der Waals surface area contributed by atoms with Crippen molar-refractivity contribution in [3.63, 3.8) is 0 Å². The standard InChI is InChI=1S/C12H15NO5/c1-7-8(3-2-4-10(7)15)11(16)13-9(5-6-14)12(17)18/h2-4,9,14-15H,5-6H2,1H3,(H,13,16)(H,17,18)/t9-/m1/s1. The second-order valence-corrected chi connectivity index (χ2v) is 3.83. The summed E-state index contributed by atoms with van der Waals surface area (Å²) in [6.07, 6.45) is -0.0705. The Hall–Kier alpha value is -2.08. The maximum absolute atomic E-state index is 11.8. The van der Waals surface area contributed by atoms with Crippen molar-refractivity contribution < 1.29 is 24.9 Å². The van der Waals surface area contributed by atoms with Crippen LogP contribution < -0.4 is 5.32 Å². The smallest absolute Gasteiger partial charge is 0.326 e. The molecule has 6 heteroatoms.